The molecule has 1 saturated carbocycles. The maximum absolute atomic E-state index is 13.4. The molecule has 22 heavy (non-hydrogen) atoms. The topological polar surface area (TPSA) is 82.5 Å². The molecule has 1 aromatic carbocycles. The SMILES string of the molecule is O=C(O)c1cc(F)cc2cnc(NC3CCC(O)CC3)cc12. The molecular formula is C16H17FN2O3. The Hall–Kier alpha value is -2.21. The lowest BCUT2D eigenvalue weighted by Crippen LogP contribution is -2.28. The number of carbonyl (C=O) groups is 1. The van der Waals surface area contributed by atoms with Crippen LogP contribution in [0.25, 0.3) is 10.8 Å². The maximum Gasteiger partial charge on any atom is 0.336 e. The van der Waals surface area contributed by atoms with Gasteiger partial charge in [-0.25, -0.2) is 14.2 Å². The average molecular weight is 304 g/mol. The predicted octanol–water partition coefficient (Wildman–Crippen LogP) is 2.79. The third-order valence-corrected chi connectivity index (χ3v) is 4.08. The number of hydrogen-bond acceptors (Lipinski definition) is 4. The van der Waals surface area contributed by atoms with Gasteiger partial charge in [-0.15, -0.1) is 0 Å². The van der Waals surface area contributed by atoms with Crippen molar-refractivity contribution in [2.75, 3.05) is 5.32 Å². The quantitative estimate of drug-likeness (QED) is 0.812. The number of carboxylic acids is 1. The van der Waals surface area contributed by atoms with E-state index in [2.05, 4.69) is 10.3 Å². The van der Waals surface area contributed by atoms with Gasteiger partial charge in [-0.1, -0.05) is 0 Å². The summed E-state index contributed by atoms with van der Waals surface area (Å²) in [5.41, 5.74) is -0.0699. The molecule has 0 unspecified atom stereocenters. The van der Waals surface area contributed by atoms with Crippen molar-refractivity contribution in [3.05, 3.63) is 35.8 Å². The van der Waals surface area contributed by atoms with Gasteiger partial charge < -0.3 is 15.5 Å². The molecule has 3 rings (SSSR count). The van der Waals surface area contributed by atoms with Crippen molar-refractivity contribution >= 4 is 22.6 Å². The van der Waals surface area contributed by atoms with E-state index in [1.165, 1.54) is 12.3 Å². The second-order valence-corrected chi connectivity index (χ2v) is 5.70. The van der Waals surface area contributed by atoms with Gasteiger partial charge in [0.2, 0.25) is 0 Å². The fourth-order valence-electron chi connectivity index (χ4n) is 2.91. The number of hydrogen-bond donors (Lipinski definition) is 3. The molecule has 5 nitrogen and oxygen atoms in total. The molecule has 116 valence electrons. The Morgan fingerprint density at radius 1 is 1.23 bits per heavy atom. The highest BCUT2D eigenvalue weighted by Gasteiger charge is 2.20. The van der Waals surface area contributed by atoms with Crippen LogP contribution in [0.15, 0.2) is 24.4 Å². The van der Waals surface area contributed by atoms with E-state index >= 15 is 0 Å². The number of halogens is 1. The molecule has 2 aromatic rings. The molecular weight excluding hydrogens is 287 g/mol. The number of aromatic nitrogens is 1. The van der Waals surface area contributed by atoms with Crippen molar-refractivity contribution in [2.45, 2.75) is 37.8 Å². The minimum atomic E-state index is -1.16. The Morgan fingerprint density at radius 2 is 1.95 bits per heavy atom. The van der Waals surface area contributed by atoms with Crippen LogP contribution in [-0.4, -0.2) is 33.3 Å². The molecule has 0 atom stereocenters. The molecule has 1 aromatic heterocycles. The van der Waals surface area contributed by atoms with E-state index in [0.717, 1.165) is 31.7 Å². The Bertz CT molecular complexity index is 712. The van der Waals surface area contributed by atoms with E-state index in [0.29, 0.717) is 16.6 Å². The predicted molar refractivity (Wildman–Crippen MR) is 80.5 cm³/mol. The summed E-state index contributed by atoms with van der Waals surface area (Å²) in [7, 11) is 0. The van der Waals surface area contributed by atoms with Gasteiger partial charge in [0.1, 0.15) is 11.6 Å². The number of benzene rings is 1. The first-order valence-electron chi connectivity index (χ1n) is 7.30. The fraction of sp³-hybridized carbons (Fsp3) is 0.375. The van der Waals surface area contributed by atoms with Gasteiger partial charge in [-0.3, -0.25) is 0 Å². The Balaban J connectivity index is 1.90. The highest BCUT2D eigenvalue weighted by molar-refractivity contribution is 6.04. The smallest absolute Gasteiger partial charge is 0.336 e. The van der Waals surface area contributed by atoms with E-state index in [9.17, 15) is 19.4 Å². The summed E-state index contributed by atoms with van der Waals surface area (Å²) in [6.07, 6.45) is 4.43. The number of nitrogens with zero attached hydrogens (tertiary/aromatic N) is 1. The van der Waals surface area contributed by atoms with E-state index in [-0.39, 0.29) is 17.7 Å². The molecule has 0 aliphatic heterocycles. The highest BCUT2D eigenvalue weighted by atomic mass is 19.1. The summed E-state index contributed by atoms with van der Waals surface area (Å²) >= 11 is 0. The number of fused-ring (bicyclic) bond motifs is 1. The second-order valence-electron chi connectivity index (χ2n) is 5.70. The van der Waals surface area contributed by atoms with Crippen LogP contribution in [0.1, 0.15) is 36.0 Å². The first-order valence-corrected chi connectivity index (χ1v) is 7.30. The van der Waals surface area contributed by atoms with Crippen molar-refractivity contribution in [3.63, 3.8) is 0 Å². The van der Waals surface area contributed by atoms with Crippen LogP contribution in [0.5, 0.6) is 0 Å². The lowest BCUT2D eigenvalue weighted by Gasteiger charge is -2.26. The number of carboxylic acid groups (broad SMARTS) is 1. The van der Waals surface area contributed by atoms with E-state index < -0.39 is 11.8 Å². The lowest BCUT2D eigenvalue weighted by atomic mass is 9.93. The summed E-state index contributed by atoms with van der Waals surface area (Å²) < 4.78 is 13.4. The zero-order valence-corrected chi connectivity index (χ0v) is 11.9. The largest absolute Gasteiger partial charge is 0.478 e. The molecule has 0 amide bonds. The Morgan fingerprint density at radius 3 is 2.64 bits per heavy atom. The van der Waals surface area contributed by atoms with Gasteiger partial charge in [-0.2, -0.15) is 0 Å². The molecule has 0 radical (unpaired) electrons. The number of nitrogens with one attached hydrogen (secondary N) is 1. The zero-order chi connectivity index (χ0) is 15.7. The normalized spacial score (nSPS) is 21.7. The van der Waals surface area contributed by atoms with E-state index in [4.69, 9.17) is 0 Å². The molecule has 3 N–H and O–H groups in total. The first-order chi connectivity index (χ1) is 10.5. The van der Waals surface area contributed by atoms with Gasteiger partial charge in [-0.05, 0) is 43.9 Å². The summed E-state index contributed by atoms with van der Waals surface area (Å²) in [5, 5.41) is 22.9. The number of rotatable bonds is 3. The third-order valence-electron chi connectivity index (χ3n) is 4.08. The van der Waals surface area contributed by atoms with Gasteiger partial charge in [0, 0.05) is 23.0 Å². The fourth-order valence-corrected chi connectivity index (χ4v) is 2.91. The van der Waals surface area contributed by atoms with Gasteiger partial charge >= 0.3 is 5.97 Å². The van der Waals surface area contributed by atoms with Crippen LogP contribution in [-0.2, 0) is 0 Å². The van der Waals surface area contributed by atoms with Gasteiger partial charge in [0.15, 0.2) is 0 Å². The van der Waals surface area contributed by atoms with Crippen LogP contribution < -0.4 is 5.32 Å². The first kappa shape index (κ1) is 14.7. The monoisotopic (exact) mass is 304 g/mol. The molecule has 0 saturated heterocycles. The van der Waals surface area contributed by atoms with Crippen LogP contribution in [0.4, 0.5) is 10.2 Å². The standard InChI is InChI=1S/C16H17FN2O3/c17-10-5-9-8-18-15(7-13(9)14(6-10)16(21)22)19-11-1-3-12(20)4-2-11/h5-8,11-12,20H,1-4H2,(H,18,19)(H,21,22). The van der Waals surface area contributed by atoms with Crippen molar-refractivity contribution in [1.29, 1.82) is 0 Å². The number of anilines is 1. The molecule has 1 aliphatic carbocycles. The number of aliphatic hydroxyl groups excluding tert-OH is 1. The van der Waals surface area contributed by atoms with Crippen LogP contribution in [0, 0.1) is 5.82 Å². The Kier molecular flexibility index (Phi) is 3.94. The third kappa shape index (κ3) is 3.01. The summed E-state index contributed by atoms with van der Waals surface area (Å²) in [5.74, 6) is -1.18. The summed E-state index contributed by atoms with van der Waals surface area (Å²) in [6.45, 7) is 0. The molecule has 6 heteroatoms. The molecule has 1 fully saturated rings. The van der Waals surface area contributed by atoms with Gasteiger partial charge in [0.05, 0.1) is 11.7 Å². The Labute approximate surface area is 126 Å². The van der Waals surface area contributed by atoms with Gasteiger partial charge in [0.25, 0.3) is 0 Å². The highest BCUT2D eigenvalue weighted by Crippen LogP contribution is 2.25. The average Bonchev–Trinajstić information content (AvgIpc) is 2.49. The second kappa shape index (κ2) is 5.88. The number of aromatic carboxylic acids is 1. The zero-order valence-electron chi connectivity index (χ0n) is 11.9. The summed E-state index contributed by atoms with van der Waals surface area (Å²) in [4.78, 5) is 15.5. The van der Waals surface area contributed by atoms with E-state index in [1.54, 1.807) is 6.07 Å². The number of aliphatic hydroxyl groups is 1. The molecule has 0 bridgehead atoms. The molecule has 1 aliphatic rings. The molecule has 1 heterocycles. The van der Waals surface area contributed by atoms with Crippen molar-refractivity contribution in [2.24, 2.45) is 0 Å². The van der Waals surface area contributed by atoms with E-state index in [1.807, 2.05) is 0 Å². The number of pyridine rings is 1. The molecule has 0 spiro atoms. The van der Waals surface area contributed by atoms with Crippen LogP contribution in [0.3, 0.4) is 0 Å². The van der Waals surface area contributed by atoms with Crippen molar-refractivity contribution in [1.82, 2.24) is 4.98 Å². The maximum atomic E-state index is 13.4. The lowest BCUT2D eigenvalue weighted by molar-refractivity contribution is 0.0698. The summed E-state index contributed by atoms with van der Waals surface area (Å²) in [6, 6.07) is 4.14. The van der Waals surface area contributed by atoms with Crippen LogP contribution >= 0.6 is 0 Å². The van der Waals surface area contributed by atoms with Crippen LogP contribution in [0.2, 0.25) is 0 Å². The minimum absolute atomic E-state index is 0.0699. The minimum Gasteiger partial charge on any atom is -0.478 e. The van der Waals surface area contributed by atoms with Crippen molar-refractivity contribution < 1.29 is 19.4 Å². The van der Waals surface area contributed by atoms with Crippen molar-refractivity contribution in [3.8, 4) is 0 Å².